The zero-order valence-corrected chi connectivity index (χ0v) is 18.6. The molecule has 0 aliphatic carbocycles. The molecule has 3 N–H and O–H groups in total. The lowest BCUT2D eigenvalue weighted by atomic mass is 9.77. The van der Waals surface area contributed by atoms with E-state index in [1.807, 2.05) is 54.6 Å². The highest BCUT2D eigenvalue weighted by Gasteiger charge is 2.38. The van der Waals surface area contributed by atoms with Crippen LogP contribution in [0.5, 0.6) is 0 Å². The number of imidazole rings is 1. The Kier molecular flexibility index (Phi) is 5.93. The molecule has 0 saturated carbocycles. The van der Waals surface area contributed by atoms with Crippen molar-refractivity contribution in [2.45, 2.75) is 18.6 Å². The second-order valence-corrected chi connectivity index (χ2v) is 8.05. The van der Waals surface area contributed by atoms with Crippen molar-refractivity contribution in [1.82, 2.24) is 20.2 Å². The standard InChI is InChI=1S/C27H25N5O2/c33-17-16-32-19-29-24-23(32)18-28-26(30-25(24)34)31-27(20-10-4-1-5-11-20,21-12-6-2-7-13-21)22-14-8-3-9-15-22/h1-15,19,33H,16-18H2,(H2,28,30,31,34). The summed E-state index contributed by atoms with van der Waals surface area (Å²) in [4.78, 5) is 22.0. The highest BCUT2D eigenvalue weighted by atomic mass is 16.3. The normalized spacial score (nSPS) is 13.4. The van der Waals surface area contributed by atoms with Gasteiger partial charge >= 0.3 is 0 Å². The third-order valence-corrected chi connectivity index (χ3v) is 6.05. The third-order valence-electron chi connectivity index (χ3n) is 6.05. The summed E-state index contributed by atoms with van der Waals surface area (Å²) in [6.45, 7) is 0.569. The molecule has 1 aromatic heterocycles. The van der Waals surface area contributed by atoms with Gasteiger partial charge in [-0.3, -0.25) is 10.1 Å². The van der Waals surface area contributed by atoms with E-state index in [1.54, 1.807) is 10.9 Å². The van der Waals surface area contributed by atoms with Gasteiger partial charge in [-0.05, 0) is 16.7 Å². The van der Waals surface area contributed by atoms with E-state index < -0.39 is 5.54 Å². The summed E-state index contributed by atoms with van der Waals surface area (Å²) in [7, 11) is 0. The largest absolute Gasteiger partial charge is 0.395 e. The summed E-state index contributed by atoms with van der Waals surface area (Å²) in [5.41, 5.74) is 3.21. The Hall–Kier alpha value is -4.23. The van der Waals surface area contributed by atoms with Gasteiger partial charge in [0.25, 0.3) is 5.91 Å². The number of guanidine groups is 1. The van der Waals surface area contributed by atoms with Crippen LogP contribution in [-0.2, 0) is 18.6 Å². The van der Waals surface area contributed by atoms with E-state index in [9.17, 15) is 9.90 Å². The Morgan fingerprint density at radius 3 is 1.91 bits per heavy atom. The third kappa shape index (κ3) is 3.86. The van der Waals surface area contributed by atoms with Crippen molar-refractivity contribution in [2.75, 3.05) is 6.61 Å². The zero-order valence-electron chi connectivity index (χ0n) is 18.6. The summed E-state index contributed by atoms with van der Waals surface area (Å²) in [5.74, 6) is 0.0219. The van der Waals surface area contributed by atoms with E-state index in [-0.39, 0.29) is 19.1 Å². The average molecular weight is 452 g/mol. The summed E-state index contributed by atoms with van der Waals surface area (Å²) in [6.07, 6.45) is 1.57. The molecule has 1 aliphatic rings. The van der Waals surface area contributed by atoms with Crippen molar-refractivity contribution in [3.63, 3.8) is 0 Å². The maximum absolute atomic E-state index is 13.1. The lowest BCUT2D eigenvalue weighted by Crippen LogP contribution is -2.53. The van der Waals surface area contributed by atoms with E-state index in [0.29, 0.717) is 23.9 Å². The number of hydrogen-bond donors (Lipinski definition) is 3. The number of carbonyl (C=O) groups excluding carboxylic acids is 1. The van der Waals surface area contributed by atoms with Gasteiger partial charge in [0.05, 0.1) is 25.2 Å². The fourth-order valence-corrected chi connectivity index (χ4v) is 4.45. The molecule has 7 heteroatoms. The molecular formula is C27H25N5O2. The van der Waals surface area contributed by atoms with Gasteiger partial charge in [-0.2, -0.15) is 0 Å². The Balaban J connectivity index is 1.64. The van der Waals surface area contributed by atoms with E-state index in [4.69, 9.17) is 4.99 Å². The highest BCUT2D eigenvalue weighted by Crippen LogP contribution is 2.36. The van der Waals surface area contributed by atoms with Gasteiger partial charge in [-0.25, -0.2) is 9.98 Å². The van der Waals surface area contributed by atoms with Crippen LogP contribution in [0.4, 0.5) is 0 Å². The van der Waals surface area contributed by atoms with Crippen molar-refractivity contribution in [3.05, 3.63) is 125 Å². The molecule has 0 unspecified atom stereocenters. The number of rotatable bonds is 6. The number of nitrogens with one attached hydrogen (secondary N) is 2. The van der Waals surface area contributed by atoms with Crippen molar-refractivity contribution in [2.24, 2.45) is 4.99 Å². The van der Waals surface area contributed by atoms with E-state index in [1.165, 1.54) is 0 Å². The summed E-state index contributed by atoms with van der Waals surface area (Å²) >= 11 is 0. The van der Waals surface area contributed by atoms with Crippen LogP contribution in [0.15, 0.2) is 102 Å². The Bertz CT molecular complexity index is 1200. The fourth-order valence-electron chi connectivity index (χ4n) is 4.45. The second-order valence-electron chi connectivity index (χ2n) is 8.05. The van der Waals surface area contributed by atoms with Crippen LogP contribution in [0.3, 0.4) is 0 Å². The number of fused-ring (bicyclic) bond motifs is 1. The van der Waals surface area contributed by atoms with Crippen LogP contribution >= 0.6 is 0 Å². The maximum atomic E-state index is 13.1. The lowest BCUT2D eigenvalue weighted by Gasteiger charge is -2.37. The first-order valence-corrected chi connectivity index (χ1v) is 11.2. The minimum Gasteiger partial charge on any atom is -0.395 e. The Morgan fingerprint density at radius 1 is 0.882 bits per heavy atom. The molecule has 170 valence electrons. The first-order chi connectivity index (χ1) is 16.7. The number of amides is 1. The smallest absolute Gasteiger partial charge is 0.278 e. The molecule has 0 atom stereocenters. The van der Waals surface area contributed by atoms with Crippen LogP contribution in [0.1, 0.15) is 32.9 Å². The van der Waals surface area contributed by atoms with Crippen LogP contribution in [0, 0.1) is 0 Å². The summed E-state index contributed by atoms with van der Waals surface area (Å²) in [6, 6.07) is 30.4. The lowest BCUT2D eigenvalue weighted by molar-refractivity contribution is 0.0971. The van der Waals surface area contributed by atoms with Gasteiger partial charge < -0.3 is 15.0 Å². The van der Waals surface area contributed by atoms with E-state index in [2.05, 4.69) is 52.0 Å². The fraction of sp³-hybridized carbons (Fsp3) is 0.148. The van der Waals surface area contributed by atoms with Gasteiger partial charge in [0.1, 0.15) is 5.54 Å². The molecule has 7 nitrogen and oxygen atoms in total. The number of aromatic nitrogens is 2. The number of aliphatic hydroxyl groups excluding tert-OH is 1. The molecule has 0 spiro atoms. The quantitative estimate of drug-likeness (QED) is 0.393. The summed E-state index contributed by atoms with van der Waals surface area (Å²) < 4.78 is 1.76. The summed E-state index contributed by atoms with van der Waals surface area (Å²) in [5, 5.41) is 15.9. The van der Waals surface area contributed by atoms with Gasteiger partial charge in [0.2, 0.25) is 0 Å². The molecule has 2 heterocycles. The van der Waals surface area contributed by atoms with Crippen molar-refractivity contribution < 1.29 is 9.90 Å². The molecule has 5 rings (SSSR count). The number of carbonyl (C=O) groups is 1. The molecule has 0 fully saturated rings. The minimum atomic E-state index is -0.807. The van der Waals surface area contributed by atoms with Crippen molar-refractivity contribution in [3.8, 4) is 0 Å². The van der Waals surface area contributed by atoms with Crippen LogP contribution < -0.4 is 10.6 Å². The topological polar surface area (TPSA) is 91.5 Å². The van der Waals surface area contributed by atoms with Crippen molar-refractivity contribution >= 4 is 11.9 Å². The number of hydrogen-bond acceptors (Lipinski definition) is 5. The van der Waals surface area contributed by atoms with Gasteiger partial charge in [-0.15, -0.1) is 0 Å². The molecule has 0 saturated heterocycles. The zero-order chi connectivity index (χ0) is 23.4. The maximum Gasteiger partial charge on any atom is 0.278 e. The van der Waals surface area contributed by atoms with Crippen LogP contribution in [0.2, 0.25) is 0 Å². The molecule has 0 bridgehead atoms. The molecule has 4 aromatic rings. The van der Waals surface area contributed by atoms with Crippen LogP contribution in [0.25, 0.3) is 0 Å². The number of nitrogens with zero attached hydrogens (tertiary/aromatic N) is 3. The molecule has 1 aliphatic heterocycles. The number of benzene rings is 3. The highest BCUT2D eigenvalue weighted by molar-refractivity contribution is 6.06. The first-order valence-electron chi connectivity index (χ1n) is 11.2. The number of aliphatic hydroxyl groups is 1. The van der Waals surface area contributed by atoms with Gasteiger partial charge in [0, 0.05) is 6.54 Å². The first kappa shape index (κ1) is 21.6. The SMILES string of the molecule is O=C1NC(NC(c2ccccc2)(c2ccccc2)c2ccccc2)=NCc2c1ncn2CCO. The van der Waals surface area contributed by atoms with Gasteiger partial charge in [-0.1, -0.05) is 91.0 Å². The molecular weight excluding hydrogens is 426 g/mol. The monoisotopic (exact) mass is 451 g/mol. The Labute approximate surface area is 197 Å². The van der Waals surface area contributed by atoms with E-state index >= 15 is 0 Å². The van der Waals surface area contributed by atoms with E-state index in [0.717, 1.165) is 16.7 Å². The molecule has 3 aromatic carbocycles. The molecule has 0 radical (unpaired) electrons. The van der Waals surface area contributed by atoms with Crippen LogP contribution in [-0.4, -0.2) is 33.1 Å². The molecule has 1 amide bonds. The number of aliphatic imine (C=N–C) groups is 1. The Morgan fingerprint density at radius 2 is 1.41 bits per heavy atom. The van der Waals surface area contributed by atoms with Crippen molar-refractivity contribution in [1.29, 1.82) is 0 Å². The second kappa shape index (κ2) is 9.33. The molecule has 34 heavy (non-hydrogen) atoms. The average Bonchev–Trinajstić information content (AvgIpc) is 3.22. The minimum absolute atomic E-state index is 0.0433. The predicted octanol–water partition coefficient (Wildman–Crippen LogP) is 3.06. The predicted molar refractivity (Wildman–Crippen MR) is 130 cm³/mol. The van der Waals surface area contributed by atoms with Gasteiger partial charge in [0.15, 0.2) is 11.7 Å².